The maximum absolute atomic E-state index is 13.3. The van der Waals surface area contributed by atoms with E-state index in [1.807, 2.05) is 4.90 Å². The van der Waals surface area contributed by atoms with Crippen molar-refractivity contribution in [2.24, 2.45) is 24.8 Å². The van der Waals surface area contributed by atoms with Crippen LogP contribution in [0.3, 0.4) is 0 Å². The normalized spacial score (nSPS) is 31.5. The second kappa shape index (κ2) is 9.41. The zero-order valence-corrected chi connectivity index (χ0v) is 22.4. The molecule has 9 nitrogen and oxygen atoms in total. The Hall–Kier alpha value is -2.85. The minimum Gasteiger partial charge on any atom is -0.390 e. The van der Waals surface area contributed by atoms with E-state index in [4.69, 9.17) is 11.6 Å². The van der Waals surface area contributed by atoms with Crippen LogP contribution in [0.2, 0.25) is 5.02 Å². The standard InChI is InChI=1S/C27H34ClFN6O3/c1-33(20-5-3-18(29)4-6-20)26(37)30-19-7-8-35(14-19)25-21(28)23(32-34(25)2)24(36)31-22-16-9-15-10-17(22)13-27(38,11-15)12-16/h3-6,15-17,19,22,38H,7-14H2,1-2H3,(H,30,37)(H,31,36)/t15?,16?,17?,19-,22?,27?/m1/s1. The number of aromatic nitrogens is 2. The van der Waals surface area contributed by atoms with Crippen LogP contribution in [-0.2, 0) is 7.05 Å². The SMILES string of the molecule is CN(C(=O)N[C@@H]1CCN(c2c(Cl)c(C(=O)NC3C4CC5CC3CC(O)(C5)C4)nn2C)C1)c1ccc(F)cc1. The predicted octanol–water partition coefficient (Wildman–Crippen LogP) is 3.31. The van der Waals surface area contributed by atoms with Crippen LogP contribution in [0.15, 0.2) is 24.3 Å². The largest absolute Gasteiger partial charge is 0.390 e. The molecule has 0 radical (unpaired) electrons. The van der Waals surface area contributed by atoms with Crippen LogP contribution in [0.25, 0.3) is 0 Å². The molecule has 1 aromatic carbocycles. The summed E-state index contributed by atoms with van der Waals surface area (Å²) in [5.41, 5.74) is 0.251. The number of hydrogen-bond acceptors (Lipinski definition) is 5. The summed E-state index contributed by atoms with van der Waals surface area (Å²) in [4.78, 5) is 29.6. The van der Waals surface area contributed by atoms with E-state index in [0.717, 1.165) is 32.1 Å². The van der Waals surface area contributed by atoms with Gasteiger partial charge in [-0.25, -0.2) is 9.18 Å². The molecule has 5 aliphatic rings. The Kier molecular flexibility index (Phi) is 6.30. The van der Waals surface area contributed by atoms with Gasteiger partial charge in [0.1, 0.15) is 16.7 Å². The molecule has 4 aliphatic carbocycles. The number of urea groups is 1. The van der Waals surface area contributed by atoms with Crippen molar-refractivity contribution in [2.75, 3.05) is 29.9 Å². The molecule has 1 aliphatic heterocycles. The second-order valence-corrected chi connectivity index (χ2v) is 12.1. The fourth-order valence-corrected chi connectivity index (χ4v) is 7.90. The molecule has 11 heteroatoms. The monoisotopic (exact) mass is 544 g/mol. The zero-order valence-electron chi connectivity index (χ0n) is 21.7. The van der Waals surface area contributed by atoms with Gasteiger partial charge in [0.15, 0.2) is 5.69 Å². The Morgan fingerprint density at radius 2 is 1.84 bits per heavy atom. The van der Waals surface area contributed by atoms with Crippen molar-refractivity contribution in [1.82, 2.24) is 20.4 Å². The molecule has 5 fully saturated rings. The van der Waals surface area contributed by atoms with Crippen LogP contribution in [0.5, 0.6) is 0 Å². The van der Waals surface area contributed by atoms with Crippen LogP contribution in [0, 0.1) is 23.6 Å². The molecule has 204 valence electrons. The van der Waals surface area contributed by atoms with Crippen LogP contribution in [-0.4, -0.2) is 64.6 Å². The quantitative estimate of drug-likeness (QED) is 0.536. The number of rotatable bonds is 5. The Balaban J connectivity index is 1.10. The lowest BCUT2D eigenvalue weighted by Crippen LogP contribution is -2.61. The van der Waals surface area contributed by atoms with Gasteiger partial charge in [0.25, 0.3) is 5.91 Å². The van der Waals surface area contributed by atoms with Gasteiger partial charge in [0.2, 0.25) is 0 Å². The summed E-state index contributed by atoms with van der Waals surface area (Å²) in [7, 11) is 3.41. The summed E-state index contributed by atoms with van der Waals surface area (Å²) < 4.78 is 14.9. The zero-order chi connectivity index (χ0) is 26.8. The van der Waals surface area contributed by atoms with E-state index in [-0.39, 0.29) is 35.5 Å². The number of carbonyl (C=O) groups excluding carboxylic acids is 2. The lowest BCUT2D eigenvalue weighted by Gasteiger charge is -2.58. The lowest BCUT2D eigenvalue weighted by molar-refractivity contribution is -0.136. The first-order chi connectivity index (χ1) is 18.1. The van der Waals surface area contributed by atoms with E-state index in [1.54, 1.807) is 30.9 Å². The summed E-state index contributed by atoms with van der Waals surface area (Å²) in [6, 6.07) is 5.41. The topological polar surface area (TPSA) is 103 Å². The Labute approximate surface area is 226 Å². The maximum atomic E-state index is 13.3. The molecule has 2 unspecified atom stereocenters. The molecule has 3 N–H and O–H groups in total. The van der Waals surface area contributed by atoms with Gasteiger partial charge in [-0.3, -0.25) is 14.4 Å². The van der Waals surface area contributed by atoms with Gasteiger partial charge in [0.05, 0.1) is 5.60 Å². The van der Waals surface area contributed by atoms with E-state index in [0.29, 0.717) is 53.8 Å². The number of nitrogens with one attached hydrogen (secondary N) is 2. The molecule has 7 rings (SSSR count). The number of benzene rings is 1. The van der Waals surface area contributed by atoms with Gasteiger partial charge in [-0.15, -0.1) is 0 Å². The minimum atomic E-state index is -0.553. The molecule has 4 bridgehead atoms. The Bertz CT molecular complexity index is 1240. The van der Waals surface area contributed by atoms with Crippen molar-refractivity contribution >= 4 is 35.0 Å². The molecule has 1 saturated heterocycles. The third kappa shape index (κ3) is 4.51. The van der Waals surface area contributed by atoms with Crippen molar-refractivity contribution in [3.05, 3.63) is 40.8 Å². The van der Waals surface area contributed by atoms with Crippen molar-refractivity contribution in [1.29, 1.82) is 0 Å². The number of carbonyl (C=O) groups is 2. The molecule has 1 aromatic heterocycles. The van der Waals surface area contributed by atoms with E-state index in [9.17, 15) is 19.1 Å². The number of nitrogens with zero attached hydrogens (tertiary/aromatic N) is 4. The fraction of sp³-hybridized carbons (Fsp3) is 0.593. The van der Waals surface area contributed by atoms with Crippen molar-refractivity contribution in [3.63, 3.8) is 0 Å². The maximum Gasteiger partial charge on any atom is 0.321 e. The third-order valence-electron chi connectivity index (χ3n) is 9.05. The molecule has 2 heterocycles. The summed E-state index contributed by atoms with van der Waals surface area (Å²) in [5.74, 6) is 1.19. The number of aryl methyl sites for hydroxylation is 1. The highest BCUT2D eigenvalue weighted by Crippen LogP contribution is 2.55. The number of anilines is 2. The number of halogens is 2. The first kappa shape index (κ1) is 25.4. The van der Waals surface area contributed by atoms with E-state index in [2.05, 4.69) is 15.7 Å². The minimum absolute atomic E-state index is 0.0466. The van der Waals surface area contributed by atoms with Crippen molar-refractivity contribution in [2.45, 2.75) is 56.2 Å². The van der Waals surface area contributed by atoms with Gasteiger partial charge in [-0.1, -0.05) is 11.6 Å². The summed E-state index contributed by atoms with van der Waals surface area (Å²) in [6.07, 6.45) is 5.23. The molecule has 3 atom stereocenters. The van der Waals surface area contributed by atoms with Gasteiger partial charge in [-0.05, 0) is 80.5 Å². The highest BCUT2D eigenvalue weighted by Gasteiger charge is 2.55. The van der Waals surface area contributed by atoms with E-state index < -0.39 is 5.60 Å². The molecule has 3 amide bonds. The van der Waals surface area contributed by atoms with Gasteiger partial charge >= 0.3 is 6.03 Å². The van der Waals surface area contributed by atoms with Crippen molar-refractivity contribution in [3.8, 4) is 0 Å². The number of hydrogen-bond donors (Lipinski definition) is 3. The molecule has 4 saturated carbocycles. The molecule has 0 spiro atoms. The lowest BCUT2D eigenvalue weighted by atomic mass is 9.52. The van der Waals surface area contributed by atoms with Gasteiger partial charge in [-0.2, -0.15) is 5.10 Å². The summed E-state index contributed by atoms with van der Waals surface area (Å²) >= 11 is 6.74. The highest BCUT2D eigenvalue weighted by molar-refractivity contribution is 6.36. The Morgan fingerprint density at radius 1 is 1.16 bits per heavy atom. The first-order valence-corrected chi connectivity index (χ1v) is 13.8. The Morgan fingerprint density at radius 3 is 2.50 bits per heavy atom. The molecule has 2 aromatic rings. The van der Waals surface area contributed by atoms with E-state index in [1.165, 1.54) is 17.0 Å². The van der Waals surface area contributed by atoms with Crippen molar-refractivity contribution < 1.29 is 19.1 Å². The second-order valence-electron chi connectivity index (χ2n) is 11.7. The average Bonchev–Trinajstić information content (AvgIpc) is 3.43. The van der Waals surface area contributed by atoms with E-state index >= 15 is 0 Å². The van der Waals surface area contributed by atoms with Crippen LogP contribution >= 0.6 is 11.6 Å². The highest BCUT2D eigenvalue weighted by atomic mass is 35.5. The first-order valence-electron chi connectivity index (χ1n) is 13.4. The van der Waals surface area contributed by atoms with Gasteiger partial charge < -0.3 is 20.6 Å². The van der Waals surface area contributed by atoms with Gasteiger partial charge in [0, 0.05) is 45.0 Å². The van der Waals surface area contributed by atoms with Crippen LogP contribution in [0.1, 0.15) is 49.0 Å². The smallest absolute Gasteiger partial charge is 0.321 e. The van der Waals surface area contributed by atoms with Crippen LogP contribution < -0.4 is 20.4 Å². The number of amides is 3. The predicted molar refractivity (Wildman–Crippen MR) is 142 cm³/mol. The third-order valence-corrected chi connectivity index (χ3v) is 9.40. The molecular weight excluding hydrogens is 511 g/mol. The summed E-state index contributed by atoms with van der Waals surface area (Å²) in [6.45, 7) is 1.17. The summed E-state index contributed by atoms with van der Waals surface area (Å²) in [5, 5.41) is 21.9. The number of aliphatic hydroxyl groups is 1. The van der Waals surface area contributed by atoms with Crippen LogP contribution in [0.4, 0.5) is 20.7 Å². The average molecular weight is 545 g/mol. The molecule has 38 heavy (non-hydrogen) atoms. The molecular formula is C27H34ClFN6O3. The fourth-order valence-electron chi connectivity index (χ4n) is 7.54.